The van der Waals surface area contributed by atoms with Crippen molar-refractivity contribution in [1.82, 2.24) is 14.8 Å². The number of rotatable bonds is 5. The van der Waals surface area contributed by atoms with Gasteiger partial charge in [-0.1, -0.05) is 11.8 Å². The van der Waals surface area contributed by atoms with Gasteiger partial charge in [-0.05, 0) is 25.7 Å². The Hall–Kier alpha value is -0.550. The first-order valence-corrected chi connectivity index (χ1v) is 6.57. The van der Waals surface area contributed by atoms with Crippen molar-refractivity contribution in [3.8, 4) is 0 Å². The first kappa shape index (κ1) is 9.66. The molecule has 0 unspecified atom stereocenters. The van der Waals surface area contributed by atoms with Crippen molar-refractivity contribution < 1.29 is 5.11 Å². The van der Waals surface area contributed by atoms with Gasteiger partial charge in [-0.25, -0.2) is 0 Å². The Bertz CT molecular complexity index is 358. The number of aliphatic hydroxyl groups excluding tert-OH is 1. The summed E-state index contributed by atoms with van der Waals surface area (Å²) in [7, 11) is 0. The molecule has 1 aromatic heterocycles. The maximum absolute atomic E-state index is 8.82. The number of nitrogens with zero attached hydrogens (tertiary/aromatic N) is 3. The van der Waals surface area contributed by atoms with E-state index in [0.717, 1.165) is 10.9 Å². The maximum atomic E-state index is 8.82. The summed E-state index contributed by atoms with van der Waals surface area (Å²) in [6.07, 6.45) is 5.08. The number of thioether (sulfide) groups is 1. The van der Waals surface area contributed by atoms with Gasteiger partial charge < -0.3 is 9.67 Å². The Kier molecular flexibility index (Phi) is 2.44. The van der Waals surface area contributed by atoms with Gasteiger partial charge in [-0.15, -0.1) is 10.2 Å². The molecule has 2 fully saturated rings. The zero-order valence-electron chi connectivity index (χ0n) is 8.59. The Morgan fingerprint density at radius 1 is 1.27 bits per heavy atom. The highest BCUT2D eigenvalue weighted by Crippen LogP contribution is 2.45. The first-order valence-electron chi connectivity index (χ1n) is 5.58. The van der Waals surface area contributed by atoms with Crippen molar-refractivity contribution in [3.05, 3.63) is 5.82 Å². The van der Waals surface area contributed by atoms with E-state index in [1.165, 1.54) is 31.5 Å². The van der Waals surface area contributed by atoms with Crippen molar-refractivity contribution >= 4 is 11.8 Å². The van der Waals surface area contributed by atoms with E-state index in [2.05, 4.69) is 14.8 Å². The standard InChI is InChI=1S/C10H15N3OS/c14-5-6-15-10-12-11-9(7-1-2-7)13(10)8-3-4-8/h7-8,14H,1-6H2. The van der Waals surface area contributed by atoms with E-state index in [4.69, 9.17) is 5.11 Å². The summed E-state index contributed by atoms with van der Waals surface area (Å²) in [4.78, 5) is 0. The molecule has 15 heavy (non-hydrogen) atoms. The van der Waals surface area contributed by atoms with Crippen LogP contribution in [0.25, 0.3) is 0 Å². The largest absolute Gasteiger partial charge is 0.396 e. The molecule has 1 heterocycles. The fourth-order valence-electron chi connectivity index (χ4n) is 1.82. The molecule has 0 radical (unpaired) electrons. The van der Waals surface area contributed by atoms with Crippen LogP contribution in [0, 0.1) is 0 Å². The molecule has 1 N–H and O–H groups in total. The third-order valence-electron chi connectivity index (χ3n) is 2.87. The van der Waals surface area contributed by atoms with Gasteiger partial charge in [0.25, 0.3) is 0 Å². The van der Waals surface area contributed by atoms with E-state index in [0.29, 0.717) is 12.0 Å². The molecular formula is C10H15N3OS. The monoisotopic (exact) mass is 225 g/mol. The number of aliphatic hydroxyl groups is 1. The van der Waals surface area contributed by atoms with Gasteiger partial charge >= 0.3 is 0 Å². The lowest BCUT2D eigenvalue weighted by atomic mass is 10.4. The smallest absolute Gasteiger partial charge is 0.191 e. The van der Waals surface area contributed by atoms with Crippen LogP contribution in [0.3, 0.4) is 0 Å². The second kappa shape index (κ2) is 3.79. The minimum Gasteiger partial charge on any atom is -0.396 e. The maximum Gasteiger partial charge on any atom is 0.191 e. The van der Waals surface area contributed by atoms with Crippen LogP contribution in [0.2, 0.25) is 0 Å². The Balaban J connectivity index is 1.85. The highest BCUT2D eigenvalue weighted by Gasteiger charge is 2.36. The second-order valence-electron chi connectivity index (χ2n) is 4.29. The van der Waals surface area contributed by atoms with Gasteiger partial charge in [0.1, 0.15) is 5.82 Å². The summed E-state index contributed by atoms with van der Waals surface area (Å²) < 4.78 is 2.32. The molecule has 0 aliphatic heterocycles. The fourth-order valence-corrected chi connectivity index (χ4v) is 2.57. The molecule has 0 amide bonds. The molecule has 0 bridgehead atoms. The predicted molar refractivity (Wildman–Crippen MR) is 58.1 cm³/mol. The molecular weight excluding hydrogens is 210 g/mol. The zero-order valence-corrected chi connectivity index (χ0v) is 9.41. The van der Waals surface area contributed by atoms with Crippen LogP contribution in [0.1, 0.15) is 43.5 Å². The normalized spacial score (nSPS) is 20.9. The molecule has 0 spiro atoms. The third-order valence-corrected chi connectivity index (χ3v) is 3.79. The molecule has 1 aromatic rings. The van der Waals surface area contributed by atoms with E-state index < -0.39 is 0 Å². The molecule has 0 saturated heterocycles. The lowest BCUT2D eigenvalue weighted by Crippen LogP contribution is -2.02. The minimum absolute atomic E-state index is 0.209. The first-order chi connectivity index (χ1) is 7.40. The van der Waals surface area contributed by atoms with Crippen LogP contribution >= 0.6 is 11.8 Å². The molecule has 0 aromatic carbocycles. The summed E-state index contributed by atoms with van der Waals surface area (Å²) in [5.74, 6) is 2.58. The van der Waals surface area contributed by atoms with Gasteiger partial charge in [0.15, 0.2) is 5.16 Å². The van der Waals surface area contributed by atoms with Gasteiger partial charge in [0, 0.05) is 17.7 Å². The van der Waals surface area contributed by atoms with Gasteiger partial charge in [-0.2, -0.15) is 0 Å². The van der Waals surface area contributed by atoms with Gasteiger partial charge in [-0.3, -0.25) is 0 Å². The molecule has 2 aliphatic carbocycles. The SMILES string of the molecule is OCCSc1nnc(C2CC2)n1C1CC1. The fraction of sp³-hybridized carbons (Fsp3) is 0.800. The number of hydrogen-bond donors (Lipinski definition) is 1. The van der Waals surface area contributed by atoms with Crippen molar-refractivity contribution in [3.63, 3.8) is 0 Å². The molecule has 3 rings (SSSR count). The lowest BCUT2D eigenvalue weighted by molar-refractivity contribution is 0.322. The van der Waals surface area contributed by atoms with Crippen LogP contribution < -0.4 is 0 Å². The van der Waals surface area contributed by atoms with Crippen LogP contribution in [0.15, 0.2) is 5.16 Å². The van der Waals surface area contributed by atoms with Crippen LogP contribution in [0.5, 0.6) is 0 Å². The van der Waals surface area contributed by atoms with E-state index >= 15 is 0 Å². The topological polar surface area (TPSA) is 50.9 Å². The van der Waals surface area contributed by atoms with Crippen LogP contribution in [-0.4, -0.2) is 32.2 Å². The van der Waals surface area contributed by atoms with E-state index in [-0.39, 0.29) is 6.61 Å². The average molecular weight is 225 g/mol. The number of aromatic nitrogens is 3. The van der Waals surface area contributed by atoms with E-state index in [9.17, 15) is 0 Å². The third kappa shape index (κ3) is 1.90. The summed E-state index contributed by atoms with van der Waals surface area (Å²) >= 11 is 1.62. The quantitative estimate of drug-likeness (QED) is 0.773. The highest BCUT2D eigenvalue weighted by atomic mass is 32.2. The second-order valence-corrected chi connectivity index (χ2v) is 5.35. The molecule has 0 atom stereocenters. The summed E-state index contributed by atoms with van der Waals surface area (Å²) in [5, 5.41) is 18.4. The molecule has 82 valence electrons. The Morgan fingerprint density at radius 2 is 2.07 bits per heavy atom. The summed E-state index contributed by atoms with van der Waals surface area (Å²) in [6, 6.07) is 0.650. The van der Waals surface area contributed by atoms with E-state index in [1.807, 2.05) is 0 Å². The molecule has 2 saturated carbocycles. The zero-order chi connectivity index (χ0) is 10.3. The lowest BCUT2D eigenvalue weighted by Gasteiger charge is -2.06. The number of hydrogen-bond acceptors (Lipinski definition) is 4. The Morgan fingerprint density at radius 3 is 2.67 bits per heavy atom. The minimum atomic E-state index is 0.209. The van der Waals surface area contributed by atoms with Gasteiger partial charge in [0.2, 0.25) is 0 Å². The summed E-state index contributed by atoms with van der Waals surface area (Å²) in [6.45, 7) is 0.209. The van der Waals surface area contributed by atoms with E-state index in [1.54, 1.807) is 11.8 Å². The van der Waals surface area contributed by atoms with Crippen molar-refractivity contribution in [2.75, 3.05) is 12.4 Å². The molecule has 5 heteroatoms. The van der Waals surface area contributed by atoms with Crippen molar-refractivity contribution in [2.45, 2.75) is 42.8 Å². The molecule has 4 nitrogen and oxygen atoms in total. The summed E-state index contributed by atoms with van der Waals surface area (Å²) in [5.41, 5.74) is 0. The average Bonchev–Trinajstić information content (AvgIpc) is 3.13. The van der Waals surface area contributed by atoms with Crippen molar-refractivity contribution in [2.24, 2.45) is 0 Å². The van der Waals surface area contributed by atoms with Crippen LogP contribution in [0.4, 0.5) is 0 Å². The highest BCUT2D eigenvalue weighted by molar-refractivity contribution is 7.99. The Labute approximate surface area is 93.1 Å². The predicted octanol–water partition coefficient (Wildman–Crippen LogP) is 1.57. The molecule has 2 aliphatic rings. The van der Waals surface area contributed by atoms with Crippen molar-refractivity contribution in [1.29, 1.82) is 0 Å². The van der Waals surface area contributed by atoms with Gasteiger partial charge in [0.05, 0.1) is 6.61 Å². The van der Waals surface area contributed by atoms with Crippen LogP contribution in [-0.2, 0) is 0 Å².